The highest BCUT2D eigenvalue weighted by molar-refractivity contribution is 6.49. The highest BCUT2D eigenvalue weighted by Crippen LogP contribution is 2.62. The van der Waals surface area contributed by atoms with Crippen molar-refractivity contribution < 1.29 is 8.85 Å². The van der Waals surface area contributed by atoms with Crippen molar-refractivity contribution >= 4 is 9.28 Å². The van der Waals surface area contributed by atoms with E-state index in [4.69, 9.17) is 8.85 Å². The topological polar surface area (TPSA) is 18.5 Å². The molecule has 3 heteroatoms. The maximum atomic E-state index is 5.71. The van der Waals surface area contributed by atoms with E-state index in [1.807, 2.05) is 14.2 Å². The van der Waals surface area contributed by atoms with E-state index in [9.17, 15) is 0 Å². The Morgan fingerprint density at radius 1 is 1.06 bits per heavy atom. The van der Waals surface area contributed by atoms with Gasteiger partial charge in [-0.25, -0.2) is 0 Å². The molecule has 2 saturated carbocycles. The molecule has 0 aliphatic heterocycles. The molecule has 3 rings (SSSR count). The monoisotopic (exact) mass is 266 g/mol. The average molecular weight is 266 g/mol. The van der Waals surface area contributed by atoms with Crippen LogP contribution in [0.3, 0.4) is 0 Å². The van der Waals surface area contributed by atoms with Crippen LogP contribution in [0.25, 0.3) is 0 Å². The normalized spacial score (nSPS) is 39.9. The van der Waals surface area contributed by atoms with E-state index in [-0.39, 0.29) is 0 Å². The van der Waals surface area contributed by atoms with Gasteiger partial charge in [0.05, 0.1) is 0 Å². The summed E-state index contributed by atoms with van der Waals surface area (Å²) in [4.78, 5) is 0. The number of allylic oxidation sites excluding steroid dienone is 2. The van der Waals surface area contributed by atoms with Crippen molar-refractivity contribution in [2.24, 2.45) is 17.8 Å². The van der Waals surface area contributed by atoms with Gasteiger partial charge >= 0.3 is 9.28 Å². The zero-order valence-corrected chi connectivity index (χ0v) is 12.9. The van der Waals surface area contributed by atoms with Gasteiger partial charge in [0.1, 0.15) is 0 Å². The number of rotatable bonds is 4. The Kier molecular flexibility index (Phi) is 3.65. The van der Waals surface area contributed by atoms with Crippen molar-refractivity contribution in [3.05, 3.63) is 12.2 Å². The third kappa shape index (κ3) is 2.00. The van der Waals surface area contributed by atoms with Crippen molar-refractivity contribution in [2.75, 3.05) is 14.2 Å². The Morgan fingerprint density at radius 3 is 2.44 bits per heavy atom. The van der Waals surface area contributed by atoms with Crippen LogP contribution in [0, 0.1) is 17.8 Å². The highest BCUT2D eigenvalue weighted by Gasteiger charge is 2.54. The van der Waals surface area contributed by atoms with Gasteiger partial charge in [0.15, 0.2) is 0 Å². The minimum atomic E-state index is -1.52. The zero-order valence-electron chi connectivity index (χ0n) is 11.7. The van der Waals surface area contributed by atoms with Crippen LogP contribution in [0.2, 0.25) is 5.04 Å². The molecule has 2 bridgehead atoms. The molecule has 3 atom stereocenters. The fourth-order valence-electron chi connectivity index (χ4n) is 4.84. The lowest BCUT2D eigenvalue weighted by Crippen LogP contribution is -2.34. The van der Waals surface area contributed by atoms with Gasteiger partial charge in [-0.1, -0.05) is 44.3 Å². The molecule has 0 N–H and O–H groups in total. The molecule has 18 heavy (non-hydrogen) atoms. The lowest BCUT2D eigenvalue weighted by molar-refractivity contribution is 0.211. The minimum absolute atomic E-state index is 0.316. The fraction of sp³-hybridized carbons (Fsp3) is 0.867. The number of fused-ring (bicyclic) bond motifs is 2. The van der Waals surface area contributed by atoms with Gasteiger partial charge in [-0.05, 0) is 30.6 Å². The summed E-state index contributed by atoms with van der Waals surface area (Å²) in [6.45, 7) is 0. The molecule has 3 aliphatic carbocycles. The second-order valence-electron chi connectivity index (χ2n) is 6.53. The van der Waals surface area contributed by atoms with Crippen molar-refractivity contribution in [3.8, 4) is 0 Å². The molecule has 0 radical (unpaired) electrons. The van der Waals surface area contributed by atoms with Crippen LogP contribution in [0.5, 0.6) is 0 Å². The Labute approximate surface area is 113 Å². The SMILES string of the molecule is CO[SiH](OC)C12C=CC(C1)C(C1CCCCC1)C2. The summed E-state index contributed by atoms with van der Waals surface area (Å²) in [6.07, 6.45) is 14.9. The van der Waals surface area contributed by atoms with Crippen LogP contribution in [-0.2, 0) is 8.85 Å². The maximum Gasteiger partial charge on any atom is 0.331 e. The van der Waals surface area contributed by atoms with Gasteiger partial charge in [0.25, 0.3) is 0 Å². The van der Waals surface area contributed by atoms with Gasteiger partial charge in [-0.2, -0.15) is 0 Å². The van der Waals surface area contributed by atoms with E-state index >= 15 is 0 Å². The standard InChI is InChI=1S/C15H26O2Si/c1-16-18(17-2)15-9-8-13(10-15)14(11-15)12-6-4-3-5-7-12/h8-9,12-14,18H,3-7,10-11H2,1-2H3. The van der Waals surface area contributed by atoms with Gasteiger partial charge in [0.2, 0.25) is 0 Å². The summed E-state index contributed by atoms with van der Waals surface area (Å²) in [6, 6.07) is 0. The summed E-state index contributed by atoms with van der Waals surface area (Å²) >= 11 is 0. The average Bonchev–Trinajstić information content (AvgIpc) is 3.00. The number of hydrogen-bond acceptors (Lipinski definition) is 2. The third-order valence-corrected chi connectivity index (χ3v) is 8.07. The largest absolute Gasteiger partial charge is 0.399 e. The van der Waals surface area contributed by atoms with E-state index in [2.05, 4.69) is 12.2 Å². The number of hydrogen-bond donors (Lipinski definition) is 0. The summed E-state index contributed by atoms with van der Waals surface area (Å²) in [7, 11) is 2.16. The summed E-state index contributed by atoms with van der Waals surface area (Å²) in [5.74, 6) is 2.74. The van der Waals surface area contributed by atoms with E-state index in [1.165, 1.54) is 44.9 Å². The van der Waals surface area contributed by atoms with Crippen LogP contribution in [0.15, 0.2) is 12.2 Å². The van der Waals surface area contributed by atoms with E-state index in [0.29, 0.717) is 5.04 Å². The van der Waals surface area contributed by atoms with Gasteiger partial charge in [0, 0.05) is 19.3 Å². The van der Waals surface area contributed by atoms with Crippen molar-refractivity contribution in [1.29, 1.82) is 0 Å². The first-order chi connectivity index (χ1) is 8.79. The molecule has 3 unspecified atom stereocenters. The molecule has 2 fully saturated rings. The molecule has 0 aromatic rings. The molecule has 2 nitrogen and oxygen atoms in total. The Balaban J connectivity index is 1.73. The molecule has 0 amide bonds. The first kappa shape index (κ1) is 12.9. The fourth-order valence-corrected chi connectivity index (χ4v) is 7.17. The Morgan fingerprint density at radius 2 is 1.78 bits per heavy atom. The van der Waals surface area contributed by atoms with Crippen molar-refractivity contribution in [3.63, 3.8) is 0 Å². The molecular weight excluding hydrogens is 240 g/mol. The first-order valence-corrected chi connectivity index (χ1v) is 9.06. The molecule has 3 aliphatic rings. The molecule has 0 aromatic heterocycles. The predicted molar refractivity (Wildman–Crippen MR) is 75.8 cm³/mol. The van der Waals surface area contributed by atoms with E-state index < -0.39 is 9.28 Å². The van der Waals surface area contributed by atoms with Crippen molar-refractivity contribution in [1.82, 2.24) is 0 Å². The van der Waals surface area contributed by atoms with Crippen LogP contribution < -0.4 is 0 Å². The Hall–Kier alpha value is -0.123. The van der Waals surface area contributed by atoms with Crippen LogP contribution >= 0.6 is 0 Å². The highest BCUT2D eigenvalue weighted by atomic mass is 28.3. The molecule has 0 saturated heterocycles. The van der Waals surface area contributed by atoms with Crippen LogP contribution in [0.4, 0.5) is 0 Å². The maximum absolute atomic E-state index is 5.71. The van der Waals surface area contributed by atoms with Crippen LogP contribution in [0.1, 0.15) is 44.9 Å². The second kappa shape index (κ2) is 5.10. The summed E-state index contributed by atoms with van der Waals surface area (Å²) in [5, 5.41) is 0.316. The molecular formula is C15H26O2Si. The Bertz CT molecular complexity index is 320. The quantitative estimate of drug-likeness (QED) is 0.573. The van der Waals surface area contributed by atoms with Crippen molar-refractivity contribution in [2.45, 2.75) is 50.0 Å². The molecule has 0 aromatic carbocycles. The molecule has 0 spiro atoms. The summed E-state index contributed by atoms with van der Waals surface area (Å²) in [5.41, 5.74) is 0. The van der Waals surface area contributed by atoms with Crippen LogP contribution in [-0.4, -0.2) is 23.5 Å². The predicted octanol–water partition coefficient (Wildman–Crippen LogP) is 3.42. The molecule has 102 valence electrons. The lowest BCUT2D eigenvalue weighted by Gasteiger charge is -2.35. The first-order valence-electron chi connectivity index (χ1n) is 7.54. The third-order valence-electron chi connectivity index (χ3n) is 5.61. The van der Waals surface area contributed by atoms with Gasteiger partial charge < -0.3 is 8.85 Å². The van der Waals surface area contributed by atoms with E-state index in [1.54, 1.807) is 0 Å². The summed E-state index contributed by atoms with van der Waals surface area (Å²) < 4.78 is 11.4. The smallest absolute Gasteiger partial charge is 0.331 e. The van der Waals surface area contributed by atoms with E-state index in [0.717, 1.165) is 17.8 Å². The van der Waals surface area contributed by atoms with Gasteiger partial charge in [-0.15, -0.1) is 0 Å². The molecule has 0 heterocycles. The zero-order chi connectivity index (χ0) is 12.6. The lowest BCUT2D eigenvalue weighted by atomic mass is 9.74. The minimum Gasteiger partial charge on any atom is -0.399 e. The van der Waals surface area contributed by atoms with Gasteiger partial charge in [-0.3, -0.25) is 0 Å². The second-order valence-corrected chi connectivity index (χ2v) is 9.29.